The van der Waals surface area contributed by atoms with Crippen LogP contribution in [0.15, 0.2) is 0 Å². The summed E-state index contributed by atoms with van der Waals surface area (Å²) < 4.78 is 36.6. The summed E-state index contributed by atoms with van der Waals surface area (Å²) in [5.74, 6) is -1.74. The minimum atomic E-state index is -4.57. The minimum absolute atomic E-state index is 0.00876. The number of halogens is 3. The fourth-order valence-electron chi connectivity index (χ4n) is 2.22. The molecule has 3 nitrogen and oxygen atoms in total. The standard InChI is InChI=1S/C10H15F3O3/c11-10(12,13)9(16)7-3-1-6(2-4-7)5-8(14)15/h6-7,9,16H,1-5H2,(H,14,15). The van der Waals surface area contributed by atoms with Crippen LogP contribution < -0.4 is 0 Å². The van der Waals surface area contributed by atoms with Gasteiger partial charge in [-0.25, -0.2) is 0 Å². The molecule has 0 aromatic heterocycles. The quantitative estimate of drug-likeness (QED) is 0.795. The molecule has 0 aliphatic heterocycles. The predicted octanol–water partition coefficient (Wildman–Crippen LogP) is 2.19. The largest absolute Gasteiger partial charge is 0.481 e. The first-order valence-corrected chi connectivity index (χ1v) is 5.27. The van der Waals surface area contributed by atoms with Crippen LogP contribution in [0.2, 0.25) is 0 Å². The van der Waals surface area contributed by atoms with Crippen LogP contribution in [0.25, 0.3) is 0 Å². The SMILES string of the molecule is O=C(O)CC1CCC(C(O)C(F)(F)F)CC1. The Morgan fingerprint density at radius 3 is 2.12 bits per heavy atom. The van der Waals surface area contributed by atoms with Crippen LogP contribution in [0.4, 0.5) is 13.2 Å². The number of hydrogen-bond donors (Lipinski definition) is 2. The fraction of sp³-hybridized carbons (Fsp3) is 0.900. The maximum absolute atomic E-state index is 12.2. The molecule has 1 aliphatic rings. The van der Waals surface area contributed by atoms with Crippen molar-refractivity contribution < 1.29 is 28.2 Å². The van der Waals surface area contributed by atoms with Crippen LogP contribution in [0.1, 0.15) is 32.1 Å². The van der Waals surface area contributed by atoms with E-state index < -0.39 is 24.2 Å². The highest BCUT2D eigenvalue weighted by molar-refractivity contribution is 5.67. The van der Waals surface area contributed by atoms with Crippen molar-refractivity contribution in [3.63, 3.8) is 0 Å². The van der Waals surface area contributed by atoms with Crippen molar-refractivity contribution in [3.05, 3.63) is 0 Å². The van der Waals surface area contributed by atoms with Crippen LogP contribution in [0, 0.1) is 11.8 Å². The van der Waals surface area contributed by atoms with Gasteiger partial charge in [0.25, 0.3) is 0 Å². The second kappa shape index (κ2) is 5.03. The molecule has 1 rings (SSSR count). The van der Waals surface area contributed by atoms with E-state index in [1.54, 1.807) is 0 Å². The normalized spacial score (nSPS) is 28.8. The van der Waals surface area contributed by atoms with E-state index in [2.05, 4.69) is 0 Å². The van der Waals surface area contributed by atoms with Crippen molar-refractivity contribution in [3.8, 4) is 0 Å². The van der Waals surface area contributed by atoms with Gasteiger partial charge < -0.3 is 10.2 Å². The van der Waals surface area contributed by atoms with Crippen molar-refractivity contribution >= 4 is 5.97 Å². The summed E-state index contributed by atoms with van der Waals surface area (Å²) in [6.45, 7) is 0. The van der Waals surface area contributed by atoms with E-state index in [1.807, 2.05) is 0 Å². The molecule has 94 valence electrons. The lowest BCUT2D eigenvalue weighted by atomic mass is 9.78. The van der Waals surface area contributed by atoms with Crippen molar-refractivity contribution in [2.45, 2.75) is 44.4 Å². The van der Waals surface area contributed by atoms with Gasteiger partial charge in [0.2, 0.25) is 0 Å². The molecule has 1 aliphatic carbocycles. The number of aliphatic hydroxyl groups excluding tert-OH is 1. The summed E-state index contributed by atoms with van der Waals surface area (Å²) in [5.41, 5.74) is 0. The summed E-state index contributed by atoms with van der Waals surface area (Å²) in [5, 5.41) is 17.6. The molecule has 1 fully saturated rings. The molecule has 0 aromatic carbocycles. The van der Waals surface area contributed by atoms with E-state index in [4.69, 9.17) is 10.2 Å². The number of aliphatic carboxylic acids is 1. The Kier molecular flexibility index (Phi) is 4.18. The van der Waals surface area contributed by atoms with E-state index in [-0.39, 0.29) is 25.2 Å². The smallest absolute Gasteiger partial charge is 0.414 e. The number of carboxylic acids is 1. The molecule has 0 saturated heterocycles. The zero-order valence-electron chi connectivity index (χ0n) is 8.70. The van der Waals surface area contributed by atoms with Gasteiger partial charge in [0.1, 0.15) is 0 Å². The zero-order chi connectivity index (χ0) is 12.3. The average Bonchev–Trinajstić information content (AvgIpc) is 2.15. The molecule has 2 N–H and O–H groups in total. The van der Waals surface area contributed by atoms with Gasteiger partial charge >= 0.3 is 12.1 Å². The van der Waals surface area contributed by atoms with E-state index in [1.165, 1.54) is 0 Å². The molecule has 0 spiro atoms. The molecule has 1 saturated carbocycles. The Balaban J connectivity index is 2.40. The lowest BCUT2D eigenvalue weighted by Crippen LogP contribution is -2.38. The Hall–Kier alpha value is -0.780. The van der Waals surface area contributed by atoms with Crippen molar-refractivity contribution in [1.82, 2.24) is 0 Å². The molecule has 16 heavy (non-hydrogen) atoms. The summed E-state index contributed by atoms with van der Waals surface area (Å²) in [6, 6.07) is 0. The van der Waals surface area contributed by atoms with E-state index in [9.17, 15) is 18.0 Å². The molecule has 1 atom stereocenters. The molecule has 0 amide bonds. The number of carboxylic acid groups (broad SMARTS) is 1. The van der Waals surface area contributed by atoms with Crippen molar-refractivity contribution in [2.24, 2.45) is 11.8 Å². The van der Waals surface area contributed by atoms with E-state index >= 15 is 0 Å². The van der Waals surface area contributed by atoms with E-state index in [0.717, 1.165) is 0 Å². The minimum Gasteiger partial charge on any atom is -0.481 e. The highest BCUT2D eigenvalue weighted by Gasteiger charge is 2.44. The fourth-order valence-corrected chi connectivity index (χ4v) is 2.22. The molecule has 0 heterocycles. The van der Waals surface area contributed by atoms with Crippen LogP contribution >= 0.6 is 0 Å². The second-order valence-corrected chi connectivity index (χ2v) is 4.37. The first-order valence-electron chi connectivity index (χ1n) is 5.27. The highest BCUT2D eigenvalue weighted by Crippen LogP contribution is 2.37. The molecule has 0 aromatic rings. The number of carbonyl (C=O) groups is 1. The predicted molar refractivity (Wildman–Crippen MR) is 49.8 cm³/mol. The van der Waals surface area contributed by atoms with Gasteiger partial charge in [-0.1, -0.05) is 0 Å². The lowest BCUT2D eigenvalue weighted by molar-refractivity contribution is -0.222. The molecule has 0 radical (unpaired) electrons. The Morgan fingerprint density at radius 1 is 1.25 bits per heavy atom. The molecule has 6 heteroatoms. The topological polar surface area (TPSA) is 57.5 Å². The Labute approximate surface area is 91.3 Å². The third-order valence-electron chi connectivity index (χ3n) is 3.14. The Bertz CT molecular complexity index is 244. The van der Waals surface area contributed by atoms with Gasteiger partial charge in [-0.2, -0.15) is 13.2 Å². The van der Waals surface area contributed by atoms with Gasteiger partial charge in [0.15, 0.2) is 6.10 Å². The van der Waals surface area contributed by atoms with Gasteiger partial charge in [0.05, 0.1) is 0 Å². The second-order valence-electron chi connectivity index (χ2n) is 4.37. The third-order valence-corrected chi connectivity index (χ3v) is 3.14. The van der Waals surface area contributed by atoms with Crippen LogP contribution in [-0.4, -0.2) is 28.5 Å². The third kappa shape index (κ3) is 3.66. The van der Waals surface area contributed by atoms with Gasteiger partial charge in [0, 0.05) is 6.42 Å². The number of aliphatic hydroxyl groups is 1. The summed E-state index contributed by atoms with van der Waals surface area (Å²) in [6.07, 6.45) is -5.43. The highest BCUT2D eigenvalue weighted by atomic mass is 19.4. The molecule has 0 bridgehead atoms. The summed E-state index contributed by atoms with van der Waals surface area (Å²) in [4.78, 5) is 10.4. The van der Waals surface area contributed by atoms with Crippen LogP contribution in [0.5, 0.6) is 0 Å². The van der Waals surface area contributed by atoms with Crippen molar-refractivity contribution in [1.29, 1.82) is 0 Å². The van der Waals surface area contributed by atoms with Gasteiger partial charge in [-0.05, 0) is 37.5 Å². The number of hydrogen-bond acceptors (Lipinski definition) is 2. The Morgan fingerprint density at radius 2 is 1.75 bits per heavy atom. The average molecular weight is 240 g/mol. The first kappa shape index (κ1) is 13.3. The summed E-state index contributed by atoms with van der Waals surface area (Å²) in [7, 11) is 0. The first-order chi connectivity index (χ1) is 7.30. The summed E-state index contributed by atoms with van der Waals surface area (Å²) >= 11 is 0. The number of rotatable bonds is 3. The lowest BCUT2D eigenvalue weighted by Gasteiger charge is -2.31. The maximum atomic E-state index is 12.2. The zero-order valence-corrected chi connectivity index (χ0v) is 8.70. The van der Waals surface area contributed by atoms with E-state index in [0.29, 0.717) is 12.8 Å². The monoisotopic (exact) mass is 240 g/mol. The maximum Gasteiger partial charge on any atom is 0.414 e. The number of alkyl halides is 3. The molecular formula is C10H15F3O3. The van der Waals surface area contributed by atoms with Gasteiger partial charge in [-0.15, -0.1) is 0 Å². The van der Waals surface area contributed by atoms with Crippen LogP contribution in [-0.2, 0) is 4.79 Å². The van der Waals surface area contributed by atoms with Gasteiger partial charge in [-0.3, -0.25) is 4.79 Å². The van der Waals surface area contributed by atoms with Crippen molar-refractivity contribution in [2.75, 3.05) is 0 Å². The molecule has 1 unspecified atom stereocenters. The molecular weight excluding hydrogens is 225 g/mol. The van der Waals surface area contributed by atoms with Crippen LogP contribution in [0.3, 0.4) is 0 Å².